The van der Waals surface area contributed by atoms with Crippen molar-refractivity contribution >= 4 is 5.69 Å². The van der Waals surface area contributed by atoms with E-state index in [1.165, 1.54) is 12.1 Å². The van der Waals surface area contributed by atoms with Crippen LogP contribution in [0.3, 0.4) is 0 Å². The van der Waals surface area contributed by atoms with E-state index in [1.54, 1.807) is 18.2 Å². The Labute approximate surface area is 118 Å². The molecule has 1 atom stereocenters. The molecule has 1 unspecified atom stereocenters. The SMILES string of the molecule is CCOc1cc(F)ccc1NC(C)c1ccc(O)cc1. The Balaban J connectivity index is 2.18. The molecule has 0 saturated carbocycles. The van der Waals surface area contributed by atoms with Crippen LogP contribution in [-0.2, 0) is 0 Å². The summed E-state index contributed by atoms with van der Waals surface area (Å²) in [6.07, 6.45) is 0. The average Bonchev–Trinajstić information content (AvgIpc) is 2.43. The number of ether oxygens (including phenoxy) is 1. The minimum Gasteiger partial charge on any atom is -0.508 e. The molecule has 0 spiro atoms. The van der Waals surface area contributed by atoms with E-state index in [4.69, 9.17) is 4.74 Å². The fourth-order valence-electron chi connectivity index (χ4n) is 1.97. The standard InChI is InChI=1S/C16H18FNO2/c1-3-20-16-10-13(17)6-9-15(16)18-11(2)12-4-7-14(19)8-5-12/h4-11,18-19H,3H2,1-2H3. The normalized spacial score (nSPS) is 11.9. The summed E-state index contributed by atoms with van der Waals surface area (Å²) in [6.45, 7) is 4.33. The van der Waals surface area contributed by atoms with Crippen molar-refractivity contribution in [2.45, 2.75) is 19.9 Å². The van der Waals surface area contributed by atoms with Gasteiger partial charge in [0.15, 0.2) is 0 Å². The number of nitrogens with one attached hydrogen (secondary N) is 1. The molecule has 0 saturated heterocycles. The highest BCUT2D eigenvalue weighted by Gasteiger charge is 2.10. The van der Waals surface area contributed by atoms with E-state index >= 15 is 0 Å². The summed E-state index contributed by atoms with van der Waals surface area (Å²) in [4.78, 5) is 0. The van der Waals surface area contributed by atoms with Crippen molar-refractivity contribution in [2.24, 2.45) is 0 Å². The number of phenolic OH excluding ortho intramolecular Hbond substituents is 1. The van der Waals surface area contributed by atoms with Crippen LogP contribution in [-0.4, -0.2) is 11.7 Å². The Morgan fingerprint density at radius 2 is 1.90 bits per heavy atom. The van der Waals surface area contributed by atoms with Crippen molar-refractivity contribution in [3.63, 3.8) is 0 Å². The van der Waals surface area contributed by atoms with Gasteiger partial charge in [-0.05, 0) is 43.7 Å². The number of rotatable bonds is 5. The molecule has 2 aromatic rings. The van der Waals surface area contributed by atoms with Gasteiger partial charge in [-0.25, -0.2) is 4.39 Å². The quantitative estimate of drug-likeness (QED) is 0.863. The number of hydrogen-bond donors (Lipinski definition) is 2. The molecule has 0 heterocycles. The van der Waals surface area contributed by atoms with Crippen LogP contribution in [0, 0.1) is 5.82 Å². The summed E-state index contributed by atoms with van der Waals surface area (Å²) in [6, 6.07) is 11.4. The van der Waals surface area contributed by atoms with Crippen LogP contribution >= 0.6 is 0 Å². The van der Waals surface area contributed by atoms with Crippen molar-refractivity contribution in [1.29, 1.82) is 0 Å². The van der Waals surface area contributed by atoms with Crippen LogP contribution in [0.15, 0.2) is 42.5 Å². The second-order valence-electron chi connectivity index (χ2n) is 4.53. The molecule has 3 nitrogen and oxygen atoms in total. The van der Waals surface area contributed by atoms with E-state index in [-0.39, 0.29) is 17.6 Å². The maximum absolute atomic E-state index is 13.2. The van der Waals surface area contributed by atoms with E-state index in [2.05, 4.69) is 5.32 Å². The largest absolute Gasteiger partial charge is 0.508 e. The van der Waals surface area contributed by atoms with Gasteiger partial charge in [0, 0.05) is 12.1 Å². The van der Waals surface area contributed by atoms with E-state index in [9.17, 15) is 9.50 Å². The Morgan fingerprint density at radius 1 is 1.20 bits per heavy atom. The topological polar surface area (TPSA) is 41.5 Å². The smallest absolute Gasteiger partial charge is 0.145 e. The summed E-state index contributed by atoms with van der Waals surface area (Å²) in [5, 5.41) is 12.6. The van der Waals surface area contributed by atoms with Crippen molar-refractivity contribution < 1.29 is 14.2 Å². The second-order valence-corrected chi connectivity index (χ2v) is 4.53. The minimum absolute atomic E-state index is 0.0141. The first-order chi connectivity index (χ1) is 9.60. The van der Waals surface area contributed by atoms with Crippen LogP contribution in [0.5, 0.6) is 11.5 Å². The molecule has 2 aromatic carbocycles. The lowest BCUT2D eigenvalue weighted by atomic mass is 10.1. The Morgan fingerprint density at radius 3 is 2.55 bits per heavy atom. The van der Waals surface area contributed by atoms with Gasteiger partial charge in [-0.1, -0.05) is 12.1 Å². The van der Waals surface area contributed by atoms with Crippen LogP contribution in [0.25, 0.3) is 0 Å². The molecule has 20 heavy (non-hydrogen) atoms. The van der Waals surface area contributed by atoms with Crippen LogP contribution in [0.4, 0.5) is 10.1 Å². The highest BCUT2D eigenvalue weighted by Crippen LogP contribution is 2.29. The second kappa shape index (κ2) is 6.28. The van der Waals surface area contributed by atoms with Gasteiger partial charge in [0.25, 0.3) is 0 Å². The Bertz CT molecular complexity index is 569. The van der Waals surface area contributed by atoms with E-state index < -0.39 is 0 Å². The predicted molar refractivity (Wildman–Crippen MR) is 77.7 cm³/mol. The highest BCUT2D eigenvalue weighted by atomic mass is 19.1. The highest BCUT2D eigenvalue weighted by molar-refractivity contribution is 5.57. The van der Waals surface area contributed by atoms with Gasteiger partial charge < -0.3 is 15.2 Å². The molecule has 0 fully saturated rings. The lowest BCUT2D eigenvalue weighted by molar-refractivity contribution is 0.339. The fourth-order valence-corrected chi connectivity index (χ4v) is 1.97. The fraction of sp³-hybridized carbons (Fsp3) is 0.250. The zero-order chi connectivity index (χ0) is 14.5. The first kappa shape index (κ1) is 14.2. The summed E-state index contributed by atoms with van der Waals surface area (Å²) in [5.41, 5.74) is 1.77. The lowest BCUT2D eigenvalue weighted by Gasteiger charge is -2.18. The summed E-state index contributed by atoms with van der Waals surface area (Å²) >= 11 is 0. The molecule has 0 aliphatic rings. The first-order valence-electron chi connectivity index (χ1n) is 6.58. The molecule has 0 aromatic heterocycles. The monoisotopic (exact) mass is 275 g/mol. The average molecular weight is 275 g/mol. The molecule has 2 N–H and O–H groups in total. The maximum Gasteiger partial charge on any atom is 0.145 e. The minimum atomic E-state index is -0.323. The number of benzene rings is 2. The van der Waals surface area contributed by atoms with Crippen LogP contribution < -0.4 is 10.1 Å². The lowest BCUT2D eigenvalue weighted by Crippen LogP contribution is -2.08. The van der Waals surface area contributed by atoms with Crippen LogP contribution in [0.2, 0.25) is 0 Å². The molecule has 2 rings (SSSR count). The van der Waals surface area contributed by atoms with Crippen molar-refractivity contribution in [3.05, 3.63) is 53.8 Å². The molecule has 0 aliphatic heterocycles. The number of anilines is 1. The van der Waals surface area contributed by atoms with Gasteiger partial charge in [0.05, 0.1) is 12.3 Å². The van der Waals surface area contributed by atoms with Crippen molar-refractivity contribution in [3.8, 4) is 11.5 Å². The number of phenols is 1. The van der Waals surface area contributed by atoms with E-state index in [0.29, 0.717) is 12.4 Å². The summed E-state index contributed by atoms with van der Waals surface area (Å²) in [7, 11) is 0. The van der Waals surface area contributed by atoms with Gasteiger partial charge >= 0.3 is 0 Å². The van der Waals surface area contributed by atoms with Crippen molar-refractivity contribution in [2.75, 3.05) is 11.9 Å². The zero-order valence-corrected chi connectivity index (χ0v) is 11.6. The van der Waals surface area contributed by atoms with Gasteiger partial charge in [-0.15, -0.1) is 0 Å². The first-order valence-corrected chi connectivity index (χ1v) is 6.58. The third-order valence-electron chi connectivity index (χ3n) is 3.01. The number of halogens is 1. The number of aromatic hydroxyl groups is 1. The van der Waals surface area contributed by atoms with Gasteiger partial charge in [-0.2, -0.15) is 0 Å². The van der Waals surface area contributed by atoms with E-state index in [1.807, 2.05) is 26.0 Å². The molecule has 0 bridgehead atoms. The van der Waals surface area contributed by atoms with Gasteiger partial charge in [0.1, 0.15) is 17.3 Å². The molecular formula is C16H18FNO2. The van der Waals surface area contributed by atoms with Gasteiger partial charge in [0.2, 0.25) is 0 Å². The molecule has 0 radical (unpaired) electrons. The zero-order valence-electron chi connectivity index (χ0n) is 11.6. The van der Waals surface area contributed by atoms with Crippen molar-refractivity contribution in [1.82, 2.24) is 0 Å². The summed E-state index contributed by atoms with van der Waals surface area (Å²) < 4.78 is 18.7. The molecule has 4 heteroatoms. The molecular weight excluding hydrogens is 257 g/mol. The Kier molecular flexibility index (Phi) is 4.45. The molecule has 106 valence electrons. The van der Waals surface area contributed by atoms with E-state index in [0.717, 1.165) is 11.3 Å². The third-order valence-corrected chi connectivity index (χ3v) is 3.01. The van der Waals surface area contributed by atoms with Gasteiger partial charge in [-0.3, -0.25) is 0 Å². The number of hydrogen-bond acceptors (Lipinski definition) is 3. The third kappa shape index (κ3) is 3.41. The maximum atomic E-state index is 13.2. The van der Waals surface area contributed by atoms with Crippen LogP contribution in [0.1, 0.15) is 25.5 Å². The molecule has 0 amide bonds. The molecule has 0 aliphatic carbocycles. The Hall–Kier alpha value is -2.23. The summed E-state index contributed by atoms with van der Waals surface area (Å²) in [5.74, 6) is 0.409. The predicted octanol–water partition coefficient (Wildman–Crippen LogP) is 4.10.